The van der Waals surface area contributed by atoms with Gasteiger partial charge in [-0.15, -0.1) is 12.4 Å². The van der Waals surface area contributed by atoms with Crippen molar-refractivity contribution in [1.29, 1.82) is 0 Å². The van der Waals surface area contributed by atoms with Crippen molar-refractivity contribution in [3.63, 3.8) is 0 Å². The molecule has 1 aliphatic heterocycles. The first kappa shape index (κ1) is 18.2. The molecule has 0 radical (unpaired) electrons. The Morgan fingerprint density at radius 1 is 1.29 bits per heavy atom. The normalized spacial score (nSPS) is 15.3. The third-order valence-electron chi connectivity index (χ3n) is 3.45. The first-order valence-electron chi connectivity index (χ1n) is 6.97. The van der Waals surface area contributed by atoms with Crippen LogP contribution in [0.25, 0.3) is 0 Å². The Balaban J connectivity index is 0.00000220. The summed E-state index contributed by atoms with van der Waals surface area (Å²) in [6.07, 6.45) is 3.80. The van der Waals surface area contributed by atoms with Gasteiger partial charge in [0.1, 0.15) is 6.61 Å². The molecule has 0 saturated carbocycles. The van der Waals surface area contributed by atoms with E-state index in [1.165, 1.54) is 25.3 Å². The maximum atomic E-state index is 13.8. The molecule has 2 rings (SSSR count). The van der Waals surface area contributed by atoms with Crippen molar-refractivity contribution in [2.24, 2.45) is 0 Å². The highest BCUT2D eigenvalue weighted by Gasteiger charge is 2.11. The van der Waals surface area contributed by atoms with Gasteiger partial charge in [-0.25, -0.2) is 4.39 Å². The monoisotopic (exact) mass is 335 g/mol. The van der Waals surface area contributed by atoms with Gasteiger partial charge in [0.25, 0.3) is 0 Å². The summed E-state index contributed by atoms with van der Waals surface area (Å²) in [5, 5.41) is -0.497. The minimum absolute atomic E-state index is 0. The van der Waals surface area contributed by atoms with Crippen LogP contribution in [0.15, 0.2) is 18.2 Å². The third kappa shape index (κ3) is 6.20. The van der Waals surface area contributed by atoms with Crippen molar-refractivity contribution >= 4 is 29.3 Å². The van der Waals surface area contributed by atoms with Crippen LogP contribution >= 0.6 is 24.0 Å². The fourth-order valence-electron chi connectivity index (χ4n) is 2.40. The van der Waals surface area contributed by atoms with E-state index >= 15 is 0 Å². The molecule has 3 nitrogen and oxygen atoms in total. The van der Waals surface area contributed by atoms with Crippen LogP contribution in [-0.4, -0.2) is 36.4 Å². The van der Waals surface area contributed by atoms with Crippen molar-refractivity contribution < 1.29 is 13.9 Å². The standard InChI is InChI=1S/C15H19ClFNO2.ClH/c16-15(19)11-12-4-5-14(13(17)10-12)20-9-8-18-6-2-1-3-7-18;/h4-5,10H,1-3,6-9,11H2;1H. The van der Waals surface area contributed by atoms with Crippen LogP contribution in [0.4, 0.5) is 4.39 Å². The number of nitrogens with zero attached hydrogens (tertiary/aromatic N) is 1. The lowest BCUT2D eigenvalue weighted by molar-refractivity contribution is -0.111. The van der Waals surface area contributed by atoms with Gasteiger partial charge in [-0.2, -0.15) is 0 Å². The highest BCUT2D eigenvalue weighted by atomic mass is 35.5. The molecule has 118 valence electrons. The number of piperidine rings is 1. The molecule has 0 unspecified atom stereocenters. The maximum Gasteiger partial charge on any atom is 0.226 e. The summed E-state index contributed by atoms with van der Waals surface area (Å²) in [6, 6.07) is 4.52. The highest BCUT2D eigenvalue weighted by Crippen LogP contribution is 2.19. The molecule has 1 aliphatic rings. The highest BCUT2D eigenvalue weighted by molar-refractivity contribution is 6.63. The van der Waals surface area contributed by atoms with Crippen molar-refractivity contribution in [2.75, 3.05) is 26.2 Å². The van der Waals surface area contributed by atoms with Gasteiger partial charge < -0.3 is 4.74 Å². The molecule has 1 saturated heterocycles. The van der Waals surface area contributed by atoms with E-state index < -0.39 is 11.1 Å². The Morgan fingerprint density at radius 3 is 2.62 bits per heavy atom. The summed E-state index contributed by atoms with van der Waals surface area (Å²) >= 11 is 5.28. The van der Waals surface area contributed by atoms with Crippen LogP contribution in [0.2, 0.25) is 0 Å². The fraction of sp³-hybridized carbons (Fsp3) is 0.533. The Kier molecular flexibility index (Phi) is 8.01. The molecule has 0 bridgehead atoms. The predicted molar refractivity (Wildman–Crippen MR) is 84.0 cm³/mol. The van der Waals surface area contributed by atoms with Crippen LogP contribution in [0.5, 0.6) is 5.75 Å². The van der Waals surface area contributed by atoms with E-state index in [-0.39, 0.29) is 24.6 Å². The van der Waals surface area contributed by atoms with Crippen LogP contribution in [0.1, 0.15) is 24.8 Å². The number of benzene rings is 1. The van der Waals surface area contributed by atoms with Gasteiger partial charge in [-0.05, 0) is 55.2 Å². The van der Waals surface area contributed by atoms with Gasteiger partial charge in [-0.1, -0.05) is 12.5 Å². The first-order chi connectivity index (χ1) is 9.65. The Labute approximate surface area is 135 Å². The number of rotatable bonds is 6. The third-order valence-corrected chi connectivity index (χ3v) is 3.59. The van der Waals surface area contributed by atoms with E-state index in [0.717, 1.165) is 19.6 Å². The summed E-state index contributed by atoms with van der Waals surface area (Å²) in [4.78, 5) is 13.1. The fourth-order valence-corrected chi connectivity index (χ4v) is 2.55. The Morgan fingerprint density at radius 2 is 2.00 bits per heavy atom. The molecule has 0 aromatic heterocycles. The predicted octanol–water partition coefficient (Wildman–Crippen LogP) is 3.42. The Bertz CT molecular complexity index is 465. The zero-order valence-electron chi connectivity index (χ0n) is 11.8. The van der Waals surface area contributed by atoms with E-state index in [1.54, 1.807) is 12.1 Å². The smallest absolute Gasteiger partial charge is 0.226 e. The molecule has 1 fully saturated rings. The van der Waals surface area contributed by atoms with E-state index in [1.807, 2.05) is 0 Å². The number of hydrogen-bond acceptors (Lipinski definition) is 3. The molecular formula is C15H20Cl2FNO2. The summed E-state index contributed by atoms with van der Waals surface area (Å²) in [6.45, 7) is 3.50. The second-order valence-electron chi connectivity index (χ2n) is 5.05. The molecular weight excluding hydrogens is 316 g/mol. The number of hydrogen-bond donors (Lipinski definition) is 0. The van der Waals surface area contributed by atoms with Gasteiger partial charge in [0.15, 0.2) is 11.6 Å². The van der Waals surface area contributed by atoms with Crippen LogP contribution in [0, 0.1) is 5.82 Å². The van der Waals surface area contributed by atoms with Crippen molar-refractivity contribution in [3.8, 4) is 5.75 Å². The number of likely N-dealkylation sites (tertiary alicyclic amines) is 1. The maximum absolute atomic E-state index is 13.8. The first-order valence-corrected chi connectivity index (χ1v) is 7.35. The minimum Gasteiger partial charge on any atom is -0.489 e. The van der Waals surface area contributed by atoms with Gasteiger partial charge >= 0.3 is 0 Å². The minimum atomic E-state index is -0.497. The Hall–Kier alpha value is -0.840. The molecule has 0 aliphatic carbocycles. The van der Waals surface area contributed by atoms with Crippen LogP contribution in [0.3, 0.4) is 0 Å². The molecule has 6 heteroatoms. The molecule has 1 heterocycles. The number of carbonyl (C=O) groups excluding carboxylic acids is 1. The van der Waals surface area contributed by atoms with Crippen LogP contribution < -0.4 is 4.74 Å². The zero-order valence-corrected chi connectivity index (χ0v) is 13.4. The van der Waals surface area contributed by atoms with Crippen molar-refractivity contribution in [3.05, 3.63) is 29.6 Å². The SMILES string of the molecule is Cl.O=C(Cl)Cc1ccc(OCCN2CCCCC2)c(F)c1. The van der Waals surface area contributed by atoms with Gasteiger partial charge in [0.2, 0.25) is 5.24 Å². The molecule has 0 atom stereocenters. The van der Waals surface area contributed by atoms with Crippen LogP contribution in [-0.2, 0) is 11.2 Å². The number of halogens is 3. The molecule has 21 heavy (non-hydrogen) atoms. The second kappa shape index (κ2) is 9.23. The van der Waals surface area contributed by atoms with E-state index in [4.69, 9.17) is 16.3 Å². The summed E-state index contributed by atoms with van der Waals surface area (Å²) in [5.74, 6) is -0.216. The van der Waals surface area contributed by atoms with Crippen molar-refractivity contribution in [1.82, 2.24) is 4.90 Å². The topological polar surface area (TPSA) is 29.5 Å². The van der Waals surface area contributed by atoms with Gasteiger partial charge in [0, 0.05) is 13.0 Å². The molecule has 0 amide bonds. The van der Waals surface area contributed by atoms with E-state index in [9.17, 15) is 9.18 Å². The zero-order chi connectivity index (χ0) is 14.4. The lowest BCUT2D eigenvalue weighted by Crippen LogP contribution is -2.33. The molecule has 0 spiro atoms. The van der Waals surface area contributed by atoms with Crippen molar-refractivity contribution in [2.45, 2.75) is 25.7 Å². The molecule has 0 N–H and O–H groups in total. The molecule has 1 aromatic carbocycles. The summed E-state index contributed by atoms with van der Waals surface area (Å²) in [5.41, 5.74) is 0.561. The summed E-state index contributed by atoms with van der Waals surface area (Å²) in [7, 11) is 0. The second-order valence-corrected chi connectivity index (χ2v) is 5.47. The average Bonchev–Trinajstić information content (AvgIpc) is 2.42. The largest absolute Gasteiger partial charge is 0.489 e. The number of ether oxygens (including phenoxy) is 1. The number of carbonyl (C=O) groups is 1. The van der Waals surface area contributed by atoms with Gasteiger partial charge in [-0.3, -0.25) is 9.69 Å². The quantitative estimate of drug-likeness (QED) is 0.746. The van der Waals surface area contributed by atoms with E-state index in [2.05, 4.69) is 4.90 Å². The lowest BCUT2D eigenvalue weighted by Gasteiger charge is -2.26. The average molecular weight is 336 g/mol. The summed E-state index contributed by atoms with van der Waals surface area (Å²) < 4.78 is 19.2. The van der Waals surface area contributed by atoms with E-state index in [0.29, 0.717) is 12.2 Å². The molecule has 1 aromatic rings. The van der Waals surface area contributed by atoms with Gasteiger partial charge in [0.05, 0.1) is 0 Å². The lowest BCUT2D eigenvalue weighted by atomic mass is 10.1.